The smallest absolute Gasteiger partial charge is 0.399 e. The largest absolute Gasteiger partial charge is 0.473 e. The fourth-order valence-corrected chi connectivity index (χ4v) is 5.83. The summed E-state index contributed by atoms with van der Waals surface area (Å²) < 4.78 is 41.4. The van der Waals surface area contributed by atoms with Crippen LogP contribution in [0.15, 0.2) is 46.1 Å². The van der Waals surface area contributed by atoms with Gasteiger partial charge in [-0.3, -0.25) is 23.4 Å². The molecule has 0 aliphatic carbocycles. The van der Waals surface area contributed by atoms with Crippen molar-refractivity contribution in [1.82, 2.24) is 9.55 Å². The molecule has 2 fully saturated rings. The molecule has 2 saturated heterocycles. The van der Waals surface area contributed by atoms with Crippen LogP contribution < -0.4 is 22.3 Å². The van der Waals surface area contributed by atoms with Gasteiger partial charge < -0.3 is 25.0 Å². The van der Waals surface area contributed by atoms with Crippen molar-refractivity contribution in [3.63, 3.8) is 0 Å². The molecule has 0 spiro atoms. The predicted octanol–water partition coefficient (Wildman–Crippen LogP) is -0.896. The number of aliphatic hydroxyl groups is 1. The molecule has 14 heteroatoms. The predicted molar refractivity (Wildman–Crippen MR) is 100 cm³/mol. The van der Waals surface area contributed by atoms with Gasteiger partial charge in [-0.05, 0) is 24.3 Å². The second-order valence-electron chi connectivity index (χ2n) is 6.55. The first-order valence-electron chi connectivity index (χ1n) is 8.41. The van der Waals surface area contributed by atoms with E-state index in [1.807, 2.05) is 4.98 Å². The van der Waals surface area contributed by atoms with Gasteiger partial charge in [-0.15, -0.1) is 0 Å². The summed E-state index contributed by atoms with van der Waals surface area (Å²) >= 11 is 0. The second kappa shape index (κ2) is 7.33. The summed E-state index contributed by atoms with van der Waals surface area (Å²) in [5.74, 6) is -1.61. The molecule has 7 atom stereocenters. The van der Waals surface area contributed by atoms with Crippen molar-refractivity contribution in [1.29, 1.82) is 0 Å². The Balaban J connectivity index is 1.67. The number of nitrogen functional groups attached to an aromatic ring is 1. The van der Waals surface area contributed by atoms with Crippen LogP contribution in [0.3, 0.4) is 0 Å². The molecule has 1 aromatic carbocycles. The molecule has 2 aromatic rings. The maximum atomic E-state index is 12.8. The van der Waals surface area contributed by atoms with Crippen molar-refractivity contribution < 1.29 is 32.9 Å². The third-order valence-electron chi connectivity index (χ3n) is 4.64. The number of rotatable bonds is 4. The molecule has 5 N–H and O–H groups in total. The molecule has 0 saturated carbocycles. The molecule has 3 unspecified atom stereocenters. The third kappa shape index (κ3) is 3.76. The highest BCUT2D eigenvalue weighted by Gasteiger charge is 2.60. The average Bonchev–Trinajstić information content (AvgIpc) is 3.14. The molecule has 29 heavy (non-hydrogen) atoms. The lowest BCUT2D eigenvalue weighted by molar-refractivity contribution is -0.0718. The molecule has 0 bridgehead atoms. The van der Waals surface area contributed by atoms with Gasteiger partial charge in [0.1, 0.15) is 32.0 Å². The topological polar surface area (TPSA) is 183 Å². The molecular weight excluding hydrogens is 428 g/mol. The van der Waals surface area contributed by atoms with Crippen LogP contribution in [0.4, 0.5) is 5.69 Å². The maximum Gasteiger partial charge on any atom is 0.473 e. The Morgan fingerprint density at radius 1 is 1.17 bits per heavy atom. The number of hydrogen-bond donors (Lipinski definition) is 4. The number of ether oxygens (including phenoxy) is 1. The Hall–Kier alpha value is -2.04. The van der Waals surface area contributed by atoms with E-state index in [2.05, 4.69) is 0 Å². The van der Waals surface area contributed by atoms with E-state index in [9.17, 15) is 28.7 Å². The first-order valence-corrected chi connectivity index (χ1v) is 11.4. The minimum Gasteiger partial charge on any atom is -0.399 e. The van der Waals surface area contributed by atoms with Crippen molar-refractivity contribution in [2.75, 3.05) is 5.73 Å². The number of hydrogen-bond acceptors (Lipinski definition) is 9. The van der Waals surface area contributed by atoms with Crippen LogP contribution in [-0.2, 0) is 22.9 Å². The lowest BCUT2D eigenvalue weighted by Gasteiger charge is -2.23. The Morgan fingerprint density at radius 2 is 1.83 bits per heavy atom. The fourth-order valence-electron chi connectivity index (χ4n) is 3.30. The molecule has 0 amide bonds. The summed E-state index contributed by atoms with van der Waals surface area (Å²) in [7, 11) is -7.34. The number of nitrogens with one attached hydrogen (secondary N) is 1. The number of nitrogens with two attached hydrogens (primary N) is 1. The molecule has 12 nitrogen and oxygen atoms in total. The van der Waals surface area contributed by atoms with E-state index < -0.39 is 57.3 Å². The first kappa shape index (κ1) is 20.2. The number of aliphatic hydroxyl groups excluding tert-OH is 1. The van der Waals surface area contributed by atoms with Gasteiger partial charge in [0, 0.05) is 23.3 Å². The Kier molecular flexibility index (Phi) is 5.12. The average molecular weight is 445 g/mol. The van der Waals surface area contributed by atoms with Gasteiger partial charge >= 0.3 is 13.5 Å². The van der Waals surface area contributed by atoms with Crippen LogP contribution in [-0.4, -0.2) is 43.7 Å². The molecule has 2 aliphatic rings. The van der Waals surface area contributed by atoms with Crippen molar-refractivity contribution in [2.24, 2.45) is 0 Å². The van der Waals surface area contributed by atoms with E-state index >= 15 is 0 Å². The monoisotopic (exact) mass is 445 g/mol. The highest BCUT2D eigenvalue weighted by Crippen LogP contribution is 2.59. The summed E-state index contributed by atoms with van der Waals surface area (Å²) in [6.45, 7) is 0. The van der Waals surface area contributed by atoms with Gasteiger partial charge in [0.25, 0.3) is 5.56 Å². The number of phosphoric ester groups is 1. The van der Waals surface area contributed by atoms with Crippen molar-refractivity contribution in [3.05, 3.63) is 57.4 Å². The SMILES string of the molecule is Nc1ccc([PH](=O)C(O)[C@H]2O[C@@H](n3ccc(=O)[nH]c3=O)[C@@H]3OP(=O)(O)O[C@@H]32)cc1. The molecule has 4 rings (SSSR count). The quantitative estimate of drug-likeness (QED) is 0.340. The Morgan fingerprint density at radius 3 is 2.48 bits per heavy atom. The van der Waals surface area contributed by atoms with Gasteiger partial charge in [-0.1, -0.05) is 0 Å². The van der Waals surface area contributed by atoms with Crippen LogP contribution in [0.5, 0.6) is 0 Å². The summed E-state index contributed by atoms with van der Waals surface area (Å²) in [6.07, 6.45) is -4.04. The Bertz CT molecular complexity index is 1120. The van der Waals surface area contributed by atoms with E-state index in [1.54, 1.807) is 0 Å². The highest BCUT2D eigenvalue weighted by atomic mass is 31.2. The summed E-state index contributed by atoms with van der Waals surface area (Å²) in [5, 5.41) is 11.0. The molecule has 0 radical (unpaired) electrons. The first-order chi connectivity index (χ1) is 13.7. The number of benzene rings is 1. The molecule has 156 valence electrons. The zero-order valence-electron chi connectivity index (χ0n) is 14.6. The summed E-state index contributed by atoms with van der Waals surface area (Å²) in [5.41, 5.74) is 4.54. The van der Waals surface area contributed by atoms with Crippen LogP contribution in [0.1, 0.15) is 6.23 Å². The minimum atomic E-state index is -4.47. The molecule has 2 aliphatic heterocycles. The van der Waals surface area contributed by atoms with Crippen LogP contribution in [0.25, 0.3) is 0 Å². The fraction of sp³-hybridized carbons (Fsp3) is 0.333. The number of nitrogens with zero attached hydrogens (tertiary/aromatic N) is 1. The van der Waals surface area contributed by atoms with E-state index in [0.717, 1.165) is 16.8 Å². The molecule has 1 aromatic heterocycles. The summed E-state index contributed by atoms with van der Waals surface area (Å²) in [6, 6.07) is 7.05. The van der Waals surface area contributed by atoms with Crippen LogP contribution in [0.2, 0.25) is 0 Å². The number of anilines is 1. The number of H-pyrrole nitrogens is 1. The van der Waals surface area contributed by atoms with Gasteiger partial charge in [0.15, 0.2) is 6.23 Å². The van der Waals surface area contributed by atoms with Crippen molar-refractivity contribution >= 4 is 26.6 Å². The molecular formula is C15H17N3O9P2. The Labute approximate surface area is 163 Å². The lowest BCUT2D eigenvalue weighted by atomic mass is 10.1. The maximum absolute atomic E-state index is 12.8. The second-order valence-corrected chi connectivity index (χ2v) is 9.80. The number of fused-ring (bicyclic) bond motifs is 1. The van der Waals surface area contributed by atoms with Crippen molar-refractivity contribution in [3.8, 4) is 0 Å². The number of aromatic nitrogens is 2. The summed E-state index contributed by atoms with van der Waals surface area (Å²) in [4.78, 5) is 35.1. The highest BCUT2D eigenvalue weighted by molar-refractivity contribution is 7.54. The van der Waals surface area contributed by atoms with Crippen LogP contribution in [0, 0.1) is 0 Å². The lowest BCUT2D eigenvalue weighted by Crippen LogP contribution is -2.37. The molecule has 3 heterocycles. The van der Waals surface area contributed by atoms with E-state index in [0.29, 0.717) is 11.0 Å². The minimum absolute atomic E-state index is 0.313. The van der Waals surface area contributed by atoms with Gasteiger partial charge in [0.2, 0.25) is 0 Å². The number of aromatic amines is 1. The van der Waals surface area contributed by atoms with E-state index in [4.69, 9.17) is 19.5 Å². The number of phosphoric acid groups is 1. The van der Waals surface area contributed by atoms with Gasteiger partial charge in [0.05, 0.1) is 0 Å². The van der Waals surface area contributed by atoms with E-state index in [-0.39, 0.29) is 0 Å². The van der Waals surface area contributed by atoms with Crippen LogP contribution >= 0.6 is 15.6 Å². The zero-order chi connectivity index (χ0) is 20.9. The normalized spacial score (nSPS) is 33.3. The van der Waals surface area contributed by atoms with Crippen molar-refractivity contribution in [2.45, 2.75) is 30.4 Å². The van der Waals surface area contributed by atoms with Gasteiger partial charge in [-0.25, -0.2) is 9.36 Å². The standard InChI is InChI=1S/C15H17N3O9P2/c16-7-1-3-8(4-2-7)28(22)14(20)12-10-11(27-29(23,24)26-10)13(25-12)18-6-5-9(19)17-15(18)21/h1-6,10-14,20,28H,16H2,(H,23,24)(H,17,19,21)/t10-,11+,12-,13+,14?/m0/s1. The van der Waals surface area contributed by atoms with Gasteiger partial charge in [-0.2, -0.15) is 0 Å². The third-order valence-corrected chi connectivity index (χ3v) is 7.42. The van der Waals surface area contributed by atoms with E-state index in [1.165, 1.54) is 24.3 Å². The zero-order valence-corrected chi connectivity index (χ0v) is 16.5.